The van der Waals surface area contributed by atoms with Gasteiger partial charge in [-0.25, -0.2) is 4.79 Å². The van der Waals surface area contributed by atoms with Crippen molar-refractivity contribution in [2.75, 3.05) is 11.9 Å². The van der Waals surface area contributed by atoms with Crippen molar-refractivity contribution < 1.29 is 28.7 Å². The summed E-state index contributed by atoms with van der Waals surface area (Å²) >= 11 is 10.0. The lowest BCUT2D eigenvalue weighted by atomic mass is 10.1. The SMILES string of the molecule is O=C(CN1C(=O)S/C(=C\c2ccc(-c3ccc(C(=O)O)c(Cl)c3)o2)C1=O)Nc1ccc(Br)cc1. The zero-order valence-corrected chi connectivity index (χ0v) is 20.2. The zero-order chi connectivity index (χ0) is 24.4. The number of hydrogen-bond acceptors (Lipinski definition) is 6. The van der Waals surface area contributed by atoms with Crippen molar-refractivity contribution in [3.05, 3.63) is 80.3 Å². The van der Waals surface area contributed by atoms with Crippen molar-refractivity contribution in [3.8, 4) is 11.3 Å². The normalized spacial score (nSPS) is 14.6. The topological polar surface area (TPSA) is 117 Å². The van der Waals surface area contributed by atoms with Gasteiger partial charge in [-0.2, -0.15) is 0 Å². The number of rotatable bonds is 6. The van der Waals surface area contributed by atoms with E-state index in [1.165, 1.54) is 18.2 Å². The molecular weight excluding hydrogens is 548 g/mol. The van der Waals surface area contributed by atoms with E-state index in [2.05, 4.69) is 21.2 Å². The van der Waals surface area contributed by atoms with Gasteiger partial charge in [-0.3, -0.25) is 19.3 Å². The molecule has 3 amide bonds. The number of benzene rings is 2. The van der Waals surface area contributed by atoms with E-state index in [-0.39, 0.29) is 15.5 Å². The fraction of sp³-hybridized carbons (Fsp3) is 0.0435. The summed E-state index contributed by atoms with van der Waals surface area (Å²) in [6, 6.07) is 14.5. The molecular formula is C23H14BrClN2O6S. The highest BCUT2D eigenvalue weighted by Crippen LogP contribution is 2.34. The van der Waals surface area contributed by atoms with Gasteiger partial charge in [0.25, 0.3) is 11.1 Å². The Morgan fingerprint density at radius 1 is 1.12 bits per heavy atom. The highest BCUT2D eigenvalue weighted by Gasteiger charge is 2.36. The molecule has 4 rings (SSSR count). The van der Waals surface area contributed by atoms with Gasteiger partial charge in [-0.1, -0.05) is 33.6 Å². The molecule has 172 valence electrons. The van der Waals surface area contributed by atoms with E-state index in [0.29, 0.717) is 34.5 Å². The number of carboxylic acids is 1. The molecule has 1 aromatic heterocycles. The van der Waals surface area contributed by atoms with Gasteiger partial charge in [0.05, 0.1) is 15.5 Å². The molecule has 3 aromatic rings. The predicted molar refractivity (Wildman–Crippen MR) is 132 cm³/mol. The third-order valence-electron chi connectivity index (χ3n) is 4.69. The van der Waals surface area contributed by atoms with E-state index in [1.54, 1.807) is 42.5 Å². The second kappa shape index (κ2) is 9.88. The van der Waals surface area contributed by atoms with Crippen LogP contribution in [-0.4, -0.2) is 39.6 Å². The zero-order valence-electron chi connectivity index (χ0n) is 17.1. The second-order valence-corrected chi connectivity index (χ2v) is 9.34. The lowest BCUT2D eigenvalue weighted by molar-refractivity contribution is -0.127. The van der Waals surface area contributed by atoms with Crippen LogP contribution in [-0.2, 0) is 9.59 Å². The summed E-state index contributed by atoms with van der Waals surface area (Å²) in [6.07, 6.45) is 1.41. The number of carbonyl (C=O) groups excluding carboxylic acids is 3. The Morgan fingerprint density at radius 3 is 2.53 bits per heavy atom. The van der Waals surface area contributed by atoms with Gasteiger partial charge in [0.2, 0.25) is 5.91 Å². The number of nitrogens with zero attached hydrogens (tertiary/aromatic N) is 1. The van der Waals surface area contributed by atoms with E-state index in [1.807, 2.05) is 0 Å². The van der Waals surface area contributed by atoms with E-state index >= 15 is 0 Å². The van der Waals surface area contributed by atoms with E-state index in [0.717, 1.165) is 9.37 Å². The smallest absolute Gasteiger partial charge is 0.337 e. The van der Waals surface area contributed by atoms with Gasteiger partial charge in [0.1, 0.15) is 18.1 Å². The molecule has 1 aliphatic rings. The molecule has 11 heteroatoms. The minimum absolute atomic E-state index is 0.0324. The van der Waals surface area contributed by atoms with E-state index < -0.39 is 29.6 Å². The van der Waals surface area contributed by atoms with Crippen LogP contribution in [0.2, 0.25) is 5.02 Å². The Hall–Kier alpha value is -3.34. The predicted octanol–water partition coefficient (Wildman–Crippen LogP) is 5.74. The number of amides is 3. The molecule has 0 radical (unpaired) electrons. The van der Waals surface area contributed by atoms with Crippen LogP contribution in [0.15, 0.2) is 68.4 Å². The minimum Gasteiger partial charge on any atom is -0.478 e. The van der Waals surface area contributed by atoms with Crippen molar-refractivity contribution in [2.24, 2.45) is 0 Å². The number of hydrogen-bond donors (Lipinski definition) is 2. The molecule has 0 bridgehead atoms. The monoisotopic (exact) mass is 560 g/mol. The highest BCUT2D eigenvalue weighted by atomic mass is 79.9. The van der Waals surface area contributed by atoms with Crippen molar-refractivity contribution in [1.82, 2.24) is 4.90 Å². The highest BCUT2D eigenvalue weighted by molar-refractivity contribution is 9.10. The van der Waals surface area contributed by atoms with Crippen LogP contribution in [0.4, 0.5) is 10.5 Å². The number of furan rings is 1. The first-order valence-electron chi connectivity index (χ1n) is 9.65. The van der Waals surface area contributed by atoms with Crippen LogP contribution in [0, 0.1) is 0 Å². The first-order valence-corrected chi connectivity index (χ1v) is 11.6. The average molecular weight is 562 g/mol. The molecule has 0 saturated carbocycles. The van der Waals surface area contributed by atoms with Crippen molar-refractivity contribution in [2.45, 2.75) is 0 Å². The molecule has 1 aliphatic heterocycles. The van der Waals surface area contributed by atoms with Crippen LogP contribution in [0.3, 0.4) is 0 Å². The fourth-order valence-electron chi connectivity index (χ4n) is 3.07. The maximum atomic E-state index is 12.7. The molecule has 0 aliphatic carbocycles. The number of imide groups is 1. The number of halogens is 2. The van der Waals surface area contributed by atoms with Crippen LogP contribution in [0.25, 0.3) is 17.4 Å². The third kappa shape index (κ3) is 5.24. The van der Waals surface area contributed by atoms with Crippen LogP contribution < -0.4 is 5.32 Å². The van der Waals surface area contributed by atoms with Gasteiger partial charge in [0, 0.05) is 21.8 Å². The standard InChI is InChI=1S/C23H14BrClN2O6S/c24-13-2-4-14(5-3-13)26-20(28)11-27-21(29)19(34-23(27)32)10-15-6-8-18(33-15)12-1-7-16(22(30)31)17(25)9-12/h1-10H,11H2,(H,26,28)(H,30,31)/b19-10-. The molecule has 1 fully saturated rings. The number of nitrogens with one attached hydrogen (secondary N) is 1. The van der Waals surface area contributed by atoms with Crippen LogP contribution in [0.1, 0.15) is 16.1 Å². The van der Waals surface area contributed by atoms with E-state index in [4.69, 9.17) is 21.1 Å². The molecule has 2 N–H and O–H groups in total. The van der Waals surface area contributed by atoms with Crippen LogP contribution >= 0.6 is 39.3 Å². The Balaban J connectivity index is 1.45. The Bertz CT molecular complexity index is 1350. The number of anilines is 1. The molecule has 0 unspecified atom stereocenters. The maximum absolute atomic E-state index is 12.7. The summed E-state index contributed by atoms with van der Waals surface area (Å²) in [5, 5.41) is 11.2. The summed E-state index contributed by atoms with van der Waals surface area (Å²) in [7, 11) is 0. The Kier molecular flexibility index (Phi) is 6.92. The largest absolute Gasteiger partial charge is 0.478 e. The van der Waals surface area contributed by atoms with Crippen molar-refractivity contribution in [1.29, 1.82) is 0 Å². The van der Waals surface area contributed by atoms with Gasteiger partial charge in [-0.05, 0) is 60.3 Å². The van der Waals surface area contributed by atoms with Gasteiger partial charge < -0.3 is 14.8 Å². The third-order valence-corrected chi connectivity index (χ3v) is 6.44. The summed E-state index contributed by atoms with van der Waals surface area (Å²) < 4.78 is 6.56. The summed E-state index contributed by atoms with van der Waals surface area (Å²) in [4.78, 5) is 49.4. The fourth-order valence-corrected chi connectivity index (χ4v) is 4.41. The number of aromatic carboxylic acids is 1. The first kappa shape index (κ1) is 23.8. The lowest BCUT2D eigenvalue weighted by Crippen LogP contribution is -2.36. The average Bonchev–Trinajstić information content (AvgIpc) is 3.35. The first-order chi connectivity index (χ1) is 16.2. The molecule has 8 nitrogen and oxygen atoms in total. The van der Waals surface area contributed by atoms with Gasteiger partial charge >= 0.3 is 5.97 Å². The molecule has 2 heterocycles. The van der Waals surface area contributed by atoms with Crippen LogP contribution in [0.5, 0.6) is 0 Å². The molecule has 34 heavy (non-hydrogen) atoms. The molecule has 1 saturated heterocycles. The lowest BCUT2D eigenvalue weighted by Gasteiger charge is -2.12. The minimum atomic E-state index is -1.14. The molecule has 2 aromatic carbocycles. The maximum Gasteiger partial charge on any atom is 0.337 e. The Morgan fingerprint density at radius 2 is 1.85 bits per heavy atom. The Labute approximate surface area is 210 Å². The summed E-state index contributed by atoms with van der Waals surface area (Å²) in [5.74, 6) is -1.55. The number of thioether (sulfide) groups is 1. The van der Waals surface area contributed by atoms with Crippen molar-refractivity contribution >= 4 is 74.1 Å². The van der Waals surface area contributed by atoms with Gasteiger partial charge in [0.15, 0.2) is 0 Å². The van der Waals surface area contributed by atoms with Gasteiger partial charge in [-0.15, -0.1) is 0 Å². The van der Waals surface area contributed by atoms with E-state index in [9.17, 15) is 19.2 Å². The number of carboxylic acid groups (broad SMARTS) is 1. The summed E-state index contributed by atoms with van der Waals surface area (Å²) in [6.45, 7) is -0.421. The second-order valence-electron chi connectivity index (χ2n) is 7.02. The summed E-state index contributed by atoms with van der Waals surface area (Å²) in [5.41, 5.74) is 1.05. The number of carbonyl (C=O) groups is 4. The molecule has 0 atom stereocenters. The van der Waals surface area contributed by atoms with Crippen molar-refractivity contribution in [3.63, 3.8) is 0 Å². The molecule has 0 spiro atoms. The quantitative estimate of drug-likeness (QED) is 0.369.